The summed E-state index contributed by atoms with van der Waals surface area (Å²) in [4.78, 5) is 8.67. The minimum atomic E-state index is -4.84. The molecular formula is C28H27F6N5O. The second-order valence-corrected chi connectivity index (χ2v) is 9.46. The molecule has 1 aliphatic rings. The number of anilines is 2. The first-order valence-electron chi connectivity index (χ1n) is 12.6. The van der Waals surface area contributed by atoms with E-state index in [2.05, 4.69) is 37.2 Å². The smallest absolute Gasteiger partial charge is 0.405 e. The summed E-state index contributed by atoms with van der Waals surface area (Å²) < 4.78 is 81.6. The molecule has 4 N–H and O–H groups in total. The van der Waals surface area contributed by atoms with E-state index in [1.807, 2.05) is 0 Å². The molecule has 0 saturated heterocycles. The molecule has 1 aromatic heterocycles. The summed E-state index contributed by atoms with van der Waals surface area (Å²) in [6, 6.07) is 10.6. The van der Waals surface area contributed by atoms with Crippen LogP contribution in [0.15, 0.2) is 54.7 Å². The number of hydrogen-bond acceptors (Lipinski definition) is 6. The summed E-state index contributed by atoms with van der Waals surface area (Å²) in [5.74, 6) is 6.06. The topological polar surface area (TPSA) is 85.1 Å². The van der Waals surface area contributed by atoms with Crippen LogP contribution in [-0.2, 0) is 12.7 Å². The molecule has 0 aliphatic heterocycles. The molecule has 212 valence electrons. The van der Waals surface area contributed by atoms with Crippen LogP contribution in [0.4, 0.5) is 38.1 Å². The maximum atomic E-state index is 13.1. The SMILES string of the molecule is N[C@H]1CC[C@H](CNc2nc(NCc3ccccc3OC(F)(F)F)ncc2C#Cc2cccc(C(F)(F)F)c2)CC1. The van der Waals surface area contributed by atoms with Crippen molar-refractivity contribution in [3.8, 4) is 17.6 Å². The predicted molar refractivity (Wildman–Crippen MR) is 138 cm³/mol. The van der Waals surface area contributed by atoms with Gasteiger partial charge in [-0.2, -0.15) is 18.2 Å². The van der Waals surface area contributed by atoms with Crippen LogP contribution >= 0.6 is 0 Å². The predicted octanol–water partition coefficient (Wildman–Crippen LogP) is 6.34. The minimum Gasteiger partial charge on any atom is -0.405 e. The molecular weight excluding hydrogens is 536 g/mol. The van der Waals surface area contributed by atoms with E-state index < -0.39 is 18.1 Å². The Labute approximate surface area is 227 Å². The number of para-hydroxylation sites is 1. The van der Waals surface area contributed by atoms with E-state index in [9.17, 15) is 26.3 Å². The van der Waals surface area contributed by atoms with E-state index in [-0.39, 0.29) is 35.4 Å². The highest BCUT2D eigenvalue weighted by Crippen LogP contribution is 2.30. The Balaban J connectivity index is 1.55. The fraction of sp³-hybridized carbons (Fsp3) is 0.357. The van der Waals surface area contributed by atoms with Gasteiger partial charge in [0.1, 0.15) is 11.6 Å². The van der Waals surface area contributed by atoms with Gasteiger partial charge in [0.05, 0.1) is 17.3 Å². The Bertz CT molecular complexity index is 1360. The van der Waals surface area contributed by atoms with Gasteiger partial charge in [-0.3, -0.25) is 0 Å². The van der Waals surface area contributed by atoms with Crippen LogP contribution < -0.4 is 21.1 Å². The number of nitrogens with zero attached hydrogens (tertiary/aromatic N) is 2. The van der Waals surface area contributed by atoms with Crippen molar-refractivity contribution >= 4 is 11.8 Å². The number of aromatic nitrogens is 2. The molecule has 3 aromatic rings. The normalized spacial score (nSPS) is 17.5. The van der Waals surface area contributed by atoms with Crippen LogP contribution in [-0.4, -0.2) is 28.9 Å². The molecule has 1 saturated carbocycles. The molecule has 0 atom stereocenters. The van der Waals surface area contributed by atoms with Crippen LogP contribution in [0.5, 0.6) is 5.75 Å². The highest BCUT2D eigenvalue weighted by Gasteiger charge is 2.32. The van der Waals surface area contributed by atoms with Crippen molar-refractivity contribution in [2.45, 2.75) is 50.8 Å². The largest absolute Gasteiger partial charge is 0.573 e. The van der Waals surface area contributed by atoms with Gasteiger partial charge in [0.15, 0.2) is 0 Å². The number of nitrogens with two attached hydrogens (primary N) is 1. The van der Waals surface area contributed by atoms with Crippen LogP contribution in [0, 0.1) is 17.8 Å². The monoisotopic (exact) mass is 563 g/mol. The van der Waals surface area contributed by atoms with Crippen LogP contribution in [0.3, 0.4) is 0 Å². The number of halogens is 6. The van der Waals surface area contributed by atoms with E-state index in [0.29, 0.717) is 23.8 Å². The number of alkyl halides is 6. The quantitative estimate of drug-likeness (QED) is 0.230. The van der Waals surface area contributed by atoms with E-state index in [4.69, 9.17) is 5.73 Å². The molecule has 40 heavy (non-hydrogen) atoms. The van der Waals surface area contributed by atoms with Gasteiger partial charge in [-0.15, -0.1) is 13.2 Å². The van der Waals surface area contributed by atoms with Gasteiger partial charge in [-0.1, -0.05) is 36.1 Å². The van der Waals surface area contributed by atoms with Gasteiger partial charge in [0.2, 0.25) is 5.95 Å². The first-order chi connectivity index (χ1) is 19.0. The van der Waals surface area contributed by atoms with Gasteiger partial charge in [-0.25, -0.2) is 4.98 Å². The van der Waals surface area contributed by atoms with E-state index >= 15 is 0 Å². The van der Waals surface area contributed by atoms with Crippen LogP contribution in [0.1, 0.15) is 47.9 Å². The highest BCUT2D eigenvalue weighted by molar-refractivity contribution is 5.57. The van der Waals surface area contributed by atoms with Gasteiger partial charge in [-0.05, 0) is 55.9 Å². The summed E-state index contributed by atoms with van der Waals surface area (Å²) >= 11 is 0. The molecule has 0 bridgehead atoms. The van der Waals surface area contributed by atoms with Crippen molar-refractivity contribution in [2.75, 3.05) is 17.2 Å². The Hall–Kier alpha value is -3.98. The van der Waals surface area contributed by atoms with E-state index in [1.165, 1.54) is 36.5 Å². The van der Waals surface area contributed by atoms with Crippen LogP contribution in [0.2, 0.25) is 0 Å². The van der Waals surface area contributed by atoms with Gasteiger partial charge in [0, 0.05) is 30.3 Å². The Morgan fingerprint density at radius 3 is 2.40 bits per heavy atom. The summed E-state index contributed by atoms with van der Waals surface area (Å²) in [5.41, 5.74) is 5.96. The molecule has 4 rings (SSSR count). The number of nitrogens with one attached hydrogen (secondary N) is 2. The number of hydrogen-bond donors (Lipinski definition) is 3. The molecule has 0 amide bonds. The van der Waals surface area contributed by atoms with Crippen molar-refractivity contribution in [1.29, 1.82) is 0 Å². The average molecular weight is 564 g/mol. The summed E-state index contributed by atoms with van der Waals surface area (Å²) in [5, 5.41) is 6.16. The fourth-order valence-corrected chi connectivity index (χ4v) is 4.29. The molecule has 1 fully saturated rings. The summed E-state index contributed by atoms with van der Waals surface area (Å²) in [6.07, 6.45) is -4.24. The average Bonchev–Trinajstić information content (AvgIpc) is 2.90. The Morgan fingerprint density at radius 2 is 1.68 bits per heavy atom. The maximum Gasteiger partial charge on any atom is 0.573 e. The van der Waals surface area contributed by atoms with Crippen molar-refractivity contribution < 1.29 is 31.1 Å². The lowest BCUT2D eigenvalue weighted by atomic mass is 9.86. The van der Waals surface area contributed by atoms with Crippen molar-refractivity contribution in [3.05, 3.63) is 77.0 Å². The van der Waals surface area contributed by atoms with Gasteiger partial charge in [0.25, 0.3) is 0 Å². The summed E-state index contributed by atoms with van der Waals surface area (Å²) in [7, 11) is 0. The molecule has 2 aromatic carbocycles. The van der Waals surface area contributed by atoms with Gasteiger partial charge >= 0.3 is 12.5 Å². The molecule has 0 spiro atoms. The number of rotatable bonds is 7. The molecule has 1 heterocycles. The number of benzene rings is 2. The minimum absolute atomic E-state index is 0.0541. The van der Waals surface area contributed by atoms with Crippen molar-refractivity contribution in [2.24, 2.45) is 11.7 Å². The van der Waals surface area contributed by atoms with E-state index in [1.54, 1.807) is 6.07 Å². The second-order valence-electron chi connectivity index (χ2n) is 9.46. The summed E-state index contributed by atoms with van der Waals surface area (Å²) in [6.45, 7) is 0.519. The zero-order chi connectivity index (χ0) is 28.8. The third kappa shape index (κ3) is 8.51. The first kappa shape index (κ1) is 29.0. The first-order valence-corrected chi connectivity index (χ1v) is 12.6. The lowest BCUT2D eigenvalue weighted by Crippen LogP contribution is -2.29. The third-order valence-electron chi connectivity index (χ3n) is 6.41. The molecule has 12 heteroatoms. The lowest BCUT2D eigenvalue weighted by molar-refractivity contribution is -0.274. The maximum absolute atomic E-state index is 13.1. The lowest BCUT2D eigenvalue weighted by Gasteiger charge is -2.26. The Kier molecular flexibility index (Phi) is 9.04. The Morgan fingerprint density at radius 1 is 0.925 bits per heavy atom. The molecule has 0 unspecified atom stereocenters. The molecule has 1 aliphatic carbocycles. The highest BCUT2D eigenvalue weighted by atomic mass is 19.4. The third-order valence-corrected chi connectivity index (χ3v) is 6.41. The van der Waals surface area contributed by atoms with Crippen molar-refractivity contribution in [3.63, 3.8) is 0 Å². The standard InChI is InChI=1S/C28H27F6N5O/c29-27(30,31)22-6-3-4-18(14-22)8-11-21-17-38-26(39-25(21)36-15-19-9-12-23(35)13-10-19)37-16-20-5-1-2-7-24(20)40-28(32,33)34/h1-7,14,17,19,23H,9-10,12-13,15-16,35H2,(H2,36,37,38,39)/t19-,23-. The van der Waals surface area contributed by atoms with Gasteiger partial charge < -0.3 is 21.1 Å². The number of ether oxygens (including phenoxy) is 1. The van der Waals surface area contributed by atoms with Crippen molar-refractivity contribution in [1.82, 2.24) is 9.97 Å². The zero-order valence-electron chi connectivity index (χ0n) is 21.2. The molecule has 6 nitrogen and oxygen atoms in total. The molecule has 0 radical (unpaired) electrons. The second kappa shape index (κ2) is 12.5. The van der Waals surface area contributed by atoms with Crippen LogP contribution in [0.25, 0.3) is 0 Å². The zero-order valence-corrected chi connectivity index (χ0v) is 21.2. The fourth-order valence-electron chi connectivity index (χ4n) is 4.29. The van der Waals surface area contributed by atoms with E-state index in [0.717, 1.165) is 37.8 Å².